The summed E-state index contributed by atoms with van der Waals surface area (Å²) in [6.45, 7) is 5.86. The Labute approximate surface area is 131 Å². The van der Waals surface area contributed by atoms with E-state index in [0.717, 1.165) is 18.5 Å². The van der Waals surface area contributed by atoms with Gasteiger partial charge in [-0.2, -0.15) is 0 Å². The maximum absolute atomic E-state index is 11.7. The molecule has 1 N–H and O–H groups in total. The van der Waals surface area contributed by atoms with Crippen molar-refractivity contribution < 1.29 is 4.79 Å². The highest BCUT2D eigenvalue weighted by atomic mass is 16.1. The minimum atomic E-state index is -0.0569. The first-order valence-electron chi connectivity index (χ1n) is 7.67. The van der Waals surface area contributed by atoms with Crippen molar-refractivity contribution in [3.63, 3.8) is 0 Å². The van der Waals surface area contributed by atoms with Crippen LogP contribution in [0.25, 0.3) is 6.08 Å². The van der Waals surface area contributed by atoms with E-state index in [1.54, 1.807) is 18.6 Å². The number of carbonyl (C=O) groups is 1. The van der Waals surface area contributed by atoms with Crippen molar-refractivity contribution >= 4 is 12.0 Å². The number of nitrogens with zero attached hydrogens (tertiary/aromatic N) is 2. The molecule has 1 aromatic carbocycles. The molecule has 0 aliphatic heterocycles. The first-order valence-corrected chi connectivity index (χ1v) is 7.67. The summed E-state index contributed by atoms with van der Waals surface area (Å²) in [5.74, 6) is 0.468. The zero-order valence-electron chi connectivity index (χ0n) is 13.2. The summed E-state index contributed by atoms with van der Waals surface area (Å²) in [5.41, 5.74) is 2.35. The Hall–Kier alpha value is -2.36. The lowest BCUT2D eigenvalue weighted by Crippen LogP contribution is -2.22. The van der Waals surface area contributed by atoms with Gasteiger partial charge in [-0.05, 0) is 29.5 Å². The summed E-state index contributed by atoms with van der Waals surface area (Å²) in [6.07, 6.45) is 9.77. The van der Waals surface area contributed by atoms with E-state index in [9.17, 15) is 4.79 Å². The van der Waals surface area contributed by atoms with E-state index in [4.69, 9.17) is 0 Å². The second kappa shape index (κ2) is 8.17. The molecule has 0 aliphatic carbocycles. The van der Waals surface area contributed by atoms with E-state index in [0.29, 0.717) is 12.5 Å². The average molecular weight is 297 g/mol. The lowest BCUT2D eigenvalue weighted by Gasteiger charge is -2.05. The summed E-state index contributed by atoms with van der Waals surface area (Å²) >= 11 is 0. The Morgan fingerprint density at radius 1 is 1.32 bits per heavy atom. The molecule has 0 aliphatic rings. The number of aromatic nitrogens is 2. The molecule has 0 saturated heterocycles. The van der Waals surface area contributed by atoms with Crippen molar-refractivity contribution in [2.75, 3.05) is 6.54 Å². The number of rotatable bonds is 7. The number of hydrogen-bond donors (Lipinski definition) is 1. The fourth-order valence-corrected chi connectivity index (χ4v) is 2.12. The van der Waals surface area contributed by atoms with E-state index in [-0.39, 0.29) is 5.91 Å². The van der Waals surface area contributed by atoms with Gasteiger partial charge < -0.3 is 9.88 Å². The molecular weight excluding hydrogens is 274 g/mol. The molecular formula is C18H23N3O. The first kappa shape index (κ1) is 16.0. The highest BCUT2D eigenvalue weighted by Gasteiger charge is 1.98. The maximum atomic E-state index is 11.7. The maximum Gasteiger partial charge on any atom is 0.244 e. The quantitative estimate of drug-likeness (QED) is 0.630. The smallest absolute Gasteiger partial charge is 0.244 e. The SMILES string of the molecule is CC(C)c1ccc(/C=C/C(=O)NCCCn2ccnc2)cc1. The number of nitrogens with one attached hydrogen (secondary N) is 1. The topological polar surface area (TPSA) is 46.9 Å². The fourth-order valence-electron chi connectivity index (χ4n) is 2.12. The second-order valence-electron chi connectivity index (χ2n) is 5.60. The van der Waals surface area contributed by atoms with Gasteiger partial charge in [0.05, 0.1) is 6.33 Å². The molecule has 0 spiro atoms. The molecule has 0 atom stereocenters. The molecule has 1 amide bonds. The van der Waals surface area contributed by atoms with Gasteiger partial charge in [-0.3, -0.25) is 4.79 Å². The third kappa shape index (κ3) is 5.20. The average Bonchev–Trinajstić information content (AvgIpc) is 3.03. The van der Waals surface area contributed by atoms with E-state index in [1.165, 1.54) is 5.56 Å². The van der Waals surface area contributed by atoms with Gasteiger partial charge in [-0.1, -0.05) is 38.1 Å². The summed E-state index contributed by atoms with van der Waals surface area (Å²) in [4.78, 5) is 15.7. The predicted molar refractivity (Wildman–Crippen MR) is 89.4 cm³/mol. The van der Waals surface area contributed by atoms with Crippen LogP contribution in [0.15, 0.2) is 49.1 Å². The standard InChI is InChI=1S/C18H23N3O/c1-15(2)17-7-4-16(5-8-17)6-9-18(22)20-10-3-12-21-13-11-19-14-21/h4-9,11,13-15H,3,10,12H2,1-2H3,(H,20,22)/b9-6+. The van der Waals surface area contributed by atoms with Crippen LogP contribution in [-0.2, 0) is 11.3 Å². The molecule has 0 radical (unpaired) electrons. The van der Waals surface area contributed by atoms with E-state index < -0.39 is 0 Å². The van der Waals surface area contributed by atoms with Crippen molar-refractivity contribution in [2.45, 2.75) is 32.7 Å². The number of carbonyl (C=O) groups excluding carboxylic acids is 1. The Morgan fingerprint density at radius 3 is 2.73 bits per heavy atom. The van der Waals surface area contributed by atoms with E-state index in [1.807, 2.05) is 29.0 Å². The van der Waals surface area contributed by atoms with Gasteiger partial charge in [0, 0.05) is 31.6 Å². The Bertz CT molecular complexity index is 598. The number of amides is 1. The van der Waals surface area contributed by atoms with Gasteiger partial charge in [-0.25, -0.2) is 4.98 Å². The van der Waals surface area contributed by atoms with E-state index in [2.05, 4.69) is 36.3 Å². The van der Waals surface area contributed by atoms with E-state index >= 15 is 0 Å². The summed E-state index contributed by atoms with van der Waals surface area (Å²) in [6, 6.07) is 8.29. The molecule has 116 valence electrons. The van der Waals surface area contributed by atoms with Crippen LogP contribution in [0.5, 0.6) is 0 Å². The molecule has 0 saturated carbocycles. The molecule has 1 aromatic heterocycles. The van der Waals surface area contributed by atoms with Crippen LogP contribution in [-0.4, -0.2) is 22.0 Å². The van der Waals surface area contributed by atoms with Crippen molar-refractivity contribution in [1.29, 1.82) is 0 Å². The first-order chi connectivity index (χ1) is 10.6. The summed E-state index contributed by atoms with van der Waals surface area (Å²) in [5, 5.41) is 2.89. The van der Waals surface area contributed by atoms with Crippen LogP contribution in [0.1, 0.15) is 37.3 Å². The number of benzene rings is 1. The third-order valence-electron chi connectivity index (χ3n) is 3.48. The molecule has 22 heavy (non-hydrogen) atoms. The Kier molecular flexibility index (Phi) is 5.95. The highest BCUT2D eigenvalue weighted by Crippen LogP contribution is 2.15. The van der Waals surface area contributed by atoms with Gasteiger partial charge >= 0.3 is 0 Å². The minimum Gasteiger partial charge on any atom is -0.352 e. The zero-order valence-corrected chi connectivity index (χ0v) is 13.2. The van der Waals surface area contributed by atoms with Crippen LogP contribution in [0.3, 0.4) is 0 Å². The van der Waals surface area contributed by atoms with Crippen molar-refractivity contribution in [3.8, 4) is 0 Å². The number of imidazole rings is 1. The van der Waals surface area contributed by atoms with Crippen molar-refractivity contribution in [1.82, 2.24) is 14.9 Å². The van der Waals surface area contributed by atoms with Crippen molar-refractivity contribution in [3.05, 3.63) is 60.2 Å². The lowest BCUT2D eigenvalue weighted by molar-refractivity contribution is -0.116. The van der Waals surface area contributed by atoms with Gasteiger partial charge in [0.15, 0.2) is 0 Å². The normalized spacial score (nSPS) is 11.2. The van der Waals surface area contributed by atoms with Gasteiger partial charge in [0.2, 0.25) is 5.91 Å². The van der Waals surface area contributed by atoms with Gasteiger partial charge in [0.1, 0.15) is 0 Å². The zero-order chi connectivity index (χ0) is 15.8. The fraction of sp³-hybridized carbons (Fsp3) is 0.333. The van der Waals surface area contributed by atoms with Gasteiger partial charge in [-0.15, -0.1) is 0 Å². The lowest BCUT2D eigenvalue weighted by atomic mass is 10.0. The molecule has 0 unspecified atom stereocenters. The highest BCUT2D eigenvalue weighted by molar-refractivity contribution is 5.91. The van der Waals surface area contributed by atoms with Crippen LogP contribution >= 0.6 is 0 Å². The van der Waals surface area contributed by atoms with Crippen LogP contribution < -0.4 is 5.32 Å². The summed E-state index contributed by atoms with van der Waals surface area (Å²) in [7, 11) is 0. The molecule has 2 rings (SSSR count). The molecule has 1 heterocycles. The monoisotopic (exact) mass is 297 g/mol. The molecule has 2 aromatic rings. The largest absolute Gasteiger partial charge is 0.352 e. The number of hydrogen-bond acceptors (Lipinski definition) is 2. The third-order valence-corrected chi connectivity index (χ3v) is 3.48. The van der Waals surface area contributed by atoms with Crippen LogP contribution in [0.2, 0.25) is 0 Å². The second-order valence-corrected chi connectivity index (χ2v) is 5.60. The predicted octanol–water partition coefficient (Wildman–Crippen LogP) is 3.23. The summed E-state index contributed by atoms with van der Waals surface area (Å²) < 4.78 is 2.00. The van der Waals surface area contributed by atoms with Crippen molar-refractivity contribution in [2.24, 2.45) is 0 Å². The Morgan fingerprint density at radius 2 is 2.09 bits per heavy atom. The van der Waals surface area contributed by atoms with Crippen LogP contribution in [0.4, 0.5) is 0 Å². The molecule has 0 fully saturated rings. The number of aryl methyl sites for hydroxylation is 1. The minimum absolute atomic E-state index is 0.0569. The van der Waals surface area contributed by atoms with Gasteiger partial charge in [0.25, 0.3) is 0 Å². The molecule has 4 nitrogen and oxygen atoms in total. The molecule has 0 bridgehead atoms. The Balaban J connectivity index is 1.71. The van der Waals surface area contributed by atoms with Crippen LogP contribution in [0, 0.1) is 0 Å². The molecule has 4 heteroatoms.